The van der Waals surface area contributed by atoms with Crippen molar-refractivity contribution in [3.8, 4) is 0 Å². The van der Waals surface area contributed by atoms with Gasteiger partial charge in [0, 0.05) is 19.2 Å². The van der Waals surface area contributed by atoms with Gasteiger partial charge in [0.1, 0.15) is 6.04 Å². The van der Waals surface area contributed by atoms with Gasteiger partial charge in [-0.3, -0.25) is 14.0 Å². The van der Waals surface area contributed by atoms with Gasteiger partial charge < -0.3 is 10.2 Å². The summed E-state index contributed by atoms with van der Waals surface area (Å²) in [4.78, 5) is 26.5. The zero-order chi connectivity index (χ0) is 17.3. The van der Waals surface area contributed by atoms with E-state index in [0.717, 1.165) is 12.1 Å². The fourth-order valence-electron chi connectivity index (χ4n) is 3.29. The van der Waals surface area contributed by atoms with Gasteiger partial charge in [0.05, 0.1) is 6.04 Å². The van der Waals surface area contributed by atoms with E-state index in [-0.39, 0.29) is 23.8 Å². The Bertz CT molecular complexity index is 754. The SMILES string of the molecule is CC(C)[C@H](C(=O)N[C@@H](C)c1nnc2ccccn12)N1CCCC1=O. The minimum Gasteiger partial charge on any atom is -0.345 e. The fourth-order valence-corrected chi connectivity index (χ4v) is 3.29. The Kier molecular flexibility index (Phi) is 4.51. The molecule has 0 bridgehead atoms. The molecular formula is C17H23N5O2. The topological polar surface area (TPSA) is 79.6 Å². The van der Waals surface area contributed by atoms with Gasteiger partial charge in [0.25, 0.3) is 0 Å². The molecule has 2 aromatic heterocycles. The van der Waals surface area contributed by atoms with Gasteiger partial charge in [-0.25, -0.2) is 0 Å². The summed E-state index contributed by atoms with van der Waals surface area (Å²) in [5.74, 6) is 0.647. The van der Waals surface area contributed by atoms with Crippen molar-refractivity contribution in [3.05, 3.63) is 30.2 Å². The molecule has 1 fully saturated rings. The first-order valence-electron chi connectivity index (χ1n) is 8.38. The summed E-state index contributed by atoms with van der Waals surface area (Å²) in [6.45, 7) is 6.46. The largest absolute Gasteiger partial charge is 0.345 e. The van der Waals surface area contributed by atoms with E-state index in [1.807, 2.05) is 49.6 Å². The van der Waals surface area contributed by atoms with Gasteiger partial charge in [-0.05, 0) is 31.4 Å². The number of hydrogen-bond donors (Lipinski definition) is 1. The molecule has 1 aliphatic rings. The minimum atomic E-state index is -0.443. The molecule has 0 unspecified atom stereocenters. The Labute approximate surface area is 141 Å². The smallest absolute Gasteiger partial charge is 0.243 e. The number of rotatable bonds is 5. The van der Waals surface area contributed by atoms with E-state index in [1.165, 1.54) is 0 Å². The molecule has 3 rings (SSSR count). The maximum absolute atomic E-state index is 12.8. The Morgan fingerprint density at radius 3 is 2.71 bits per heavy atom. The maximum Gasteiger partial charge on any atom is 0.243 e. The minimum absolute atomic E-state index is 0.0504. The number of aromatic nitrogens is 3. The molecule has 7 nitrogen and oxygen atoms in total. The van der Waals surface area contributed by atoms with Gasteiger partial charge in [0.2, 0.25) is 11.8 Å². The number of pyridine rings is 1. The van der Waals surface area contributed by atoms with Crippen molar-refractivity contribution in [1.82, 2.24) is 24.8 Å². The van der Waals surface area contributed by atoms with Crippen LogP contribution in [0.3, 0.4) is 0 Å². The fraction of sp³-hybridized carbons (Fsp3) is 0.529. The molecule has 3 heterocycles. The summed E-state index contributed by atoms with van der Waals surface area (Å²) in [5, 5.41) is 11.3. The summed E-state index contributed by atoms with van der Waals surface area (Å²) in [5.41, 5.74) is 0.740. The van der Waals surface area contributed by atoms with Crippen LogP contribution < -0.4 is 5.32 Å². The molecule has 1 aliphatic heterocycles. The average molecular weight is 329 g/mol. The number of carbonyl (C=O) groups is 2. The Morgan fingerprint density at radius 2 is 2.04 bits per heavy atom. The number of nitrogens with one attached hydrogen (secondary N) is 1. The highest BCUT2D eigenvalue weighted by Gasteiger charge is 2.35. The highest BCUT2D eigenvalue weighted by Crippen LogP contribution is 2.20. The van der Waals surface area contributed by atoms with Gasteiger partial charge in [-0.1, -0.05) is 19.9 Å². The molecule has 1 N–H and O–H groups in total. The highest BCUT2D eigenvalue weighted by atomic mass is 16.2. The van der Waals surface area contributed by atoms with Gasteiger partial charge in [-0.2, -0.15) is 0 Å². The van der Waals surface area contributed by atoms with Crippen LogP contribution in [0.1, 0.15) is 45.5 Å². The standard InChI is InChI=1S/C17H23N5O2/c1-11(2)15(22-10-6-8-14(22)23)17(24)18-12(3)16-20-19-13-7-4-5-9-21(13)16/h4-5,7,9,11-12,15H,6,8,10H2,1-3H3,(H,18,24)/t12-,15+/m0/s1. The van der Waals surface area contributed by atoms with Crippen LogP contribution in [0.2, 0.25) is 0 Å². The molecule has 0 saturated carbocycles. The van der Waals surface area contributed by atoms with Crippen molar-refractivity contribution in [2.45, 2.75) is 45.7 Å². The average Bonchev–Trinajstić information content (AvgIpc) is 3.14. The quantitative estimate of drug-likeness (QED) is 0.903. The van der Waals surface area contributed by atoms with Crippen LogP contribution in [-0.2, 0) is 9.59 Å². The zero-order valence-corrected chi connectivity index (χ0v) is 14.3. The van der Waals surface area contributed by atoms with E-state index < -0.39 is 6.04 Å². The van der Waals surface area contributed by atoms with Crippen molar-refractivity contribution >= 4 is 17.5 Å². The van der Waals surface area contributed by atoms with Gasteiger partial charge in [-0.15, -0.1) is 10.2 Å². The molecule has 24 heavy (non-hydrogen) atoms. The molecule has 2 atom stereocenters. The van der Waals surface area contributed by atoms with Crippen LogP contribution in [0.5, 0.6) is 0 Å². The van der Waals surface area contributed by atoms with Crippen molar-refractivity contribution in [2.75, 3.05) is 6.54 Å². The lowest BCUT2D eigenvalue weighted by molar-refractivity contribution is -0.139. The number of likely N-dealkylation sites (tertiary alicyclic amines) is 1. The Morgan fingerprint density at radius 1 is 1.25 bits per heavy atom. The molecule has 0 spiro atoms. The number of carbonyl (C=O) groups excluding carboxylic acids is 2. The molecule has 1 saturated heterocycles. The summed E-state index contributed by atoms with van der Waals surface area (Å²) < 4.78 is 1.86. The highest BCUT2D eigenvalue weighted by molar-refractivity contribution is 5.89. The monoisotopic (exact) mass is 329 g/mol. The molecule has 0 radical (unpaired) electrons. The predicted octanol–water partition coefficient (Wildman–Crippen LogP) is 1.55. The second-order valence-corrected chi connectivity index (χ2v) is 6.60. The third-order valence-corrected chi connectivity index (χ3v) is 4.43. The van der Waals surface area contributed by atoms with Gasteiger partial charge >= 0.3 is 0 Å². The van der Waals surface area contributed by atoms with Crippen LogP contribution >= 0.6 is 0 Å². The summed E-state index contributed by atoms with van der Waals surface area (Å²) in [6.07, 6.45) is 3.22. The zero-order valence-electron chi connectivity index (χ0n) is 14.3. The van der Waals surface area contributed by atoms with E-state index in [4.69, 9.17) is 0 Å². The Hall–Kier alpha value is -2.44. The van der Waals surface area contributed by atoms with Crippen LogP contribution in [0.25, 0.3) is 5.65 Å². The van der Waals surface area contributed by atoms with E-state index in [0.29, 0.717) is 18.8 Å². The van der Waals surface area contributed by atoms with E-state index in [1.54, 1.807) is 4.90 Å². The second-order valence-electron chi connectivity index (χ2n) is 6.60. The first-order chi connectivity index (χ1) is 11.5. The molecule has 0 aromatic carbocycles. The lowest BCUT2D eigenvalue weighted by Crippen LogP contribution is -2.51. The lowest BCUT2D eigenvalue weighted by atomic mass is 10.0. The molecule has 7 heteroatoms. The molecule has 2 aromatic rings. The van der Waals surface area contributed by atoms with Crippen molar-refractivity contribution in [3.63, 3.8) is 0 Å². The number of hydrogen-bond acceptors (Lipinski definition) is 4. The lowest BCUT2D eigenvalue weighted by Gasteiger charge is -2.30. The number of fused-ring (bicyclic) bond motifs is 1. The third-order valence-electron chi connectivity index (χ3n) is 4.43. The van der Waals surface area contributed by atoms with Crippen LogP contribution in [0.15, 0.2) is 24.4 Å². The molecule has 128 valence electrons. The first-order valence-corrected chi connectivity index (χ1v) is 8.38. The summed E-state index contributed by atoms with van der Waals surface area (Å²) in [6, 6.07) is 4.92. The first kappa shape index (κ1) is 16.4. The van der Waals surface area contributed by atoms with Crippen LogP contribution in [0, 0.1) is 5.92 Å². The normalized spacial score (nSPS) is 17.5. The van der Waals surface area contributed by atoms with E-state index >= 15 is 0 Å². The summed E-state index contributed by atoms with van der Waals surface area (Å²) in [7, 11) is 0. The number of amides is 2. The van der Waals surface area contributed by atoms with E-state index in [2.05, 4.69) is 15.5 Å². The Balaban J connectivity index is 1.78. The predicted molar refractivity (Wildman–Crippen MR) is 89.1 cm³/mol. The van der Waals surface area contributed by atoms with Crippen LogP contribution in [0.4, 0.5) is 0 Å². The molecule has 2 amide bonds. The third kappa shape index (κ3) is 2.98. The van der Waals surface area contributed by atoms with Crippen LogP contribution in [-0.4, -0.2) is 43.9 Å². The molecule has 0 aliphatic carbocycles. The number of nitrogens with zero attached hydrogens (tertiary/aromatic N) is 4. The van der Waals surface area contributed by atoms with Crippen molar-refractivity contribution in [1.29, 1.82) is 0 Å². The van der Waals surface area contributed by atoms with Crippen molar-refractivity contribution < 1.29 is 9.59 Å². The summed E-state index contributed by atoms with van der Waals surface area (Å²) >= 11 is 0. The van der Waals surface area contributed by atoms with Gasteiger partial charge in [0.15, 0.2) is 11.5 Å². The molecular weight excluding hydrogens is 306 g/mol. The van der Waals surface area contributed by atoms with E-state index in [9.17, 15) is 9.59 Å². The second kappa shape index (κ2) is 6.59. The maximum atomic E-state index is 12.8. The van der Waals surface area contributed by atoms with Crippen molar-refractivity contribution in [2.24, 2.45) is 5.92 Å².